The van der Waals surface area contributed by atoms with Crippen LogP contribution in [0.5, 0.6) is 11.5 Å². The van der Waals surface area contributed by atoms with Gasteiger partial charge in [0.2, 0.25) is 6.79 Å². The first-order valence-corrected chi connectivity index (χ1v) is 10.8. The molecule has 2 aromatic carbocycles. The number of benzene rings is 2. The van der Waals surface area contributed by atoms with Crippen LogP contribution in [0.2, 0.25) is 0 Å². The summed E-state index contributed by atoms with van der Waals surface area (Å²) in [6.45, 7) is 4.22. The number of ether oxygens (including phenoxy) is 2. The molecule has 1 amide bonds. The molecule has 8 heteroatoms. The third-order valence-electron chi connectivity index (χ3n) is 5.95. The predicted molar refractivity (Wildman–Crippen MR) is 119 cm³/mol. The molecular weight excluding hydrogens is 414 g/mol. The van der Waals surface area contributed by atoms with Crippen LogP contribution in [-0.4, -0.2) is 40.2 Å². The lowest BCUT2D eigenvalue weighted by Gasteiger charge is -2.31. The lowest BCUT2D eigenvalue weighted by Crippen LogP contribution is -2.39. The van der Waals surface area contributed by atoms with Gasteiger partial charge in [0.15, 0.2) is 16.3 Å². The highest BCUT2D eigenvalue weighted by atomic mass is 32.1. The molecule has 3 heterocycles. The topological polar surface area (TPSA) is 76.6 Å². The second-order valence-corrected chi connectivity index (χ2v) is 8.65. The number of carbonyl (C=O) groups is 1. The lowest BCUT2D eigenvalue weighted by atomic mass is 9.99. The molecule has 1 atom stereocenters. The third-order valence-corrected chi connectivity index (χ3v) is 6.27. The van der Waals surface area contributed by atoms with Crippen LogP contribution in [0, 0.1) is 10.7 Å². The number of piperidine rings is 1. The maximum atomic E-state index is 13.1. The van der Waals surface area contributed by atoms with Gasteiger partial charge in [0.05, 0.1) is 17.4 Å². The molecule has 0 aliphatic carbocycles. The zero-order chi connectivity index (χ0) is 21.5. The number of likely N-dealkylation sites (tertiary alicyclic amines) is 1. The number of hydrogen-bond donors (Lipinski definition) is 1. The Balaban J connectivity index is 1.47. The second-order valence-electron chi connectivity index (χ2n) is 8.27. The Morgan fingerprint density at radius 3 is 2.87 bits per heavy atom. The summed E-state index contributed by atoms with van der Waals surface area (Å²) in [6.07, 6.45) is 2.17. The smallest absolute Gasteiger partial charge is 0.262 e. The minimum Gasteiger partial charge on any atom is -0.454 e. The first-order valence-electron chi connectivity index (χ1n) is 10.4. The molecule has 0 radical (unpaired) electrons. The van der Waals surface area contributed by atoms with E-state index in [2.05, 4.69) is 11.9 Å². The number of H-pyrrole nitrogens is 1. The molecule has 0 spiro atoms. The summed E-state index contributed by atoms with van der Waals surface area (Å²) < 4.78 is 12.6. The molecular formula is C23H23N3O4S. The Kier molecular flexibility index (Phi) is 5.02. The van der Waals surface area contributed by atoms with E-state index in [1.807, 2.05) is 23.1 Å². The molecule has 1 fully saturated rings. The van der Waals surface area contributed by atoms with Crippen molar-refractivity contribution in [3.05, 3.63) is 62.6 Å². The largest absolute Gasteiger partial charge is 0.454 e. The summed E-state index contributed by atoms with van der Waals surface area (Å²) >= 11 is 5.47. The van der Waals surface area contributed by atoms with E-state index in [0.29, 0.717) is 45.2 Å². The quantitative estimate of drug-likeness (QED) is 0.632. The number of aromatic amines is 1. The molecule has 31 heavy (non-hydrogen) atoms. The highest BCUT2D eigenvalue weighted by Gasteiger charge is 2.22. The Labute approximate surface area is 184 Å². The summed E-state index contributed by atoms with van der Waals surface area (Å²) in [5.74, 6) is 1.86. The normalized spacial score (nSPS) is 17.8. The summed E-state index contributed by atoms with van der Waals surface area (Å²) in [6, 6.07) is 10.7. The standard InChI is InChI=1S/C23H23N3O4S/c1-14-3-2-8-25(11-14)21(27)16-5-6-17-18(10-16)24-23(31)26(22(17)28)12-15-4-7-19-20(9-15)30-13-29-19/h4-7,9-10,14H,2-3,8,11-13H2,1H3,(H,24,31)/t14-/m1/s1. The van der Waals surface area contributed by atoms with Crippen molar-refractivity contribution in [1.82, 2.24) is 14.5 Å². The molecule has 1 N–H and O–H groups in total. The van der Waals surface area contributed by atoms with Gasteiger partial charge in [0.25, 0.3) is 11.5 Å². The minimum absolute atomic E-state index is 0.00249. The van der Waals surface area contributed by atoms with Gasteiger partial charge in [-0.25, -0.2) is 0 Å². The van der Waals surface area contributed by atoms with Gasteiger partial charge in [-0.3, -0.25) is 14.2 Å². The molecule has 5 rings (SSSR count). The monoisotopic (exact) mass is 437 g/mol. The van der Waals surface area contributed by atoms with Crippen LogP contribution in [0.1, 0.15) is 35.7 Å². The van der Waals surface area contributed by atoms with Crippen molar-refractivity contribution in [3.8, 4) is 11.5 Å². The number of amides is 1. The number of nitrogens with one attached hydrogen (secondary N) is 1. The zero-order valence-electron chi connectivity index (χ0n) is 17.2. The first-order chi connectivity index (χ1) is 15.0. The SMILES string of the molecule is C[C@@H]1CCCN(C(=O)c2ccc3c(=O)n(Cc4ccc5c(c4)OCO5)c(=S)[nH]c3c2)C1. The van der Waals surface area contributed by atoms with Gasteiger partial charge in [-0.15, -0.1) is 0 Å². The van der Waals surface area contributed by atoms with Gasteiger partial charge in [0, 0.05) is 18.7 Å². The maximum absolute atomic E-state index is 13.1. The highest BCUT2D eigenvalue weighted by molar-refractivity contribution is 7.71. The van der Waals surface area contributed by atoms with E-state index >= 15 is 0 Å². The lowest BCUT2D eigenvalue weighted by molar-refractivity contribution is 0.0683. The summed E-state index contributed by atoms with van der Waals surface area (Å²) in [4.78, 5) is 31.1. The fraction of sp³-hybridized carbons (Fsp3) is 0.348. The molecule has 1 saturated heterocycles. The minimum atomic E-state index is -0.193. The number of rotatable bonds is 3. The molecule has 0 unspecified atom stereocenters. The van der Waals surface area contributed by atoms with Crippen molar-refractivity contribution in [1.29, 1.82) is 0 Å². The molecule has 2 aliphatic heterocycles. The molecule has 7 nitrogen and oxygen atoms in total. The van der Waals surface area contributed by atoms with Crippen LogP contribution in [0.25, 0.3) is 10.9 Å². The molecule has 0 saturated carbocycles. The van der Waals surface area contributed by atoms with E-state index in [1.165, 1.54) is 4.57 Å². The maximum Gasteiger partial charge on any atom is 0.262 e. The highest BCUT2D eigenvalue weighted by Crippen LogP contribution is 2.32. The van der Waals surface area contributed by atoms with Gasteiger partial charge in [0.1, 0.15) is 0 Å². The fourth-order valence-corrected chi connectivity index (χ4v) is 4.57. The van der Waals surface area contributed by atoms with E-state index in [0.717, 1.165) is 31.5 Å². The zero-order valence-corrected chi connectivity index (χ0v) is 18.0. The van der Waals surface area contributed by atoms with Gasteiger partial charge in [-0.05, 0) is 66.9 Å². The Morgan fingerprint density at radius 2 is 2.03 bits per heavy atom. The van der Waals surface area contributed by atoms with Crippen LogP contribution in [-0.2, 0) is 6.54 Å². The number of fused-ring (bicyclic) bond motifs is 2. The second kappa shape index (κ2) is 7.85. The van der Waals surface area contributed by atoms with E-state index in [1.54, 1.807) is 18.2 Å². The van der Waals surface area contributed by atoms with Crippen molar-refractivity contribution < 1.29 is 14.3 Å². The first kappa shape index (κ1) is 19.8. The summed E-state index contributed by atoms with van der Waals surface area (Å²) in [5, 5.41) is 0.498. The average Bonchev–Trinajstić information content (AvgIpc) is 3.23. The van der Waals surface area contributed by atoms with Crippen molar-refractivity contribution in [2.45, 2.75) is 26.3 Å². The van der Waals surface area contributed by atoms with Crippen molar-refractivity contribution in [3.63, 3.8) is 0 Å². The Morgan fingerprint density at radius 1 is 1.19 bits per heavy atom. The Bertz CT molecular complexity index is 1300. The number of nitrogens with zero attached hydrogens (tertiary/aromatic N) is 2. The fourth-order valence-electron chi connectivity index (χ4n) is 4.31. The number of carbonyl (C=O) groups excluding carboxylic acids is 1. The van der Waals surface area contributed by atoms with Gasteiger partial charge < -0.3 is 19.4 Å². The van der Waals surface area contributed by atoms with Gasteiger partial charge in [-0.1, -0.05) is 13.0 Å². The van der Waals surface area contributed by atoms with Crippen LogP contribution >= 0.6 is 12.2 Å². The summed E-state index contributed by atoms with van der Waals surface area (Å²) in [7, 11) is 0. The number of aromatic nitrogens is 2. The average molecular weight is 438 g/mol. The van der Waals surface area contributed by atoms with E-state index in [-0.39, 0.29) is 18.3 Å². The van der Waals surface area contributed by atoms with Gasteiger partial charge in [-0.2, -0.15) is 0 Å². The summed E-state index contributed by atoms with van der Waals surface area (Å²) in [5.41, 5.74) is 1.84. The predicted octanol–water partition coefficient (Wildman–Crippen LogP) is 3.71. The Hall–Kier alpha value is -3.13. The molecule has 160 valence electrons. The van der Waals surface area contributed by atoms with Crippen LogP contribution in [0.15, 0.2) is 41.2 Å². The van der Waals surface area contributed by atoms with Crippen LogP contribution in [0.3, 0.4) is 0 Å². The number of hydrogen-bond acceptors (Lipinski definition) is 5. The van der Waals surface area contributed by atoms with Gasteiger partial charge >= 0.3 is 0 Å². The van der Waals surface area contributed by atoms with E-state index < -0.39 is 0 Å². The van der Waals surface area contributed by atoms with E-state index in [9.17, 15) is 9.59 Å². The molecule has 2 aliphatic rings. The van der Waals surface area contributed by atoms with Crippen molar-refractivity contribution in [2.24, 2.45) is 5.92 Å². The van der Waals surface area contributed by atoms with Crippen molar-refractivity contribution >= 4 is 29.0 Å². The van der Waals surface area contributed by atoms with Crippen molar-refractivity contribution in [2.75, 3.05) is 19.9 Å². The third kappa shape index (κ3) is 3.72. The molecule has 3 aromatic rings. The van der Waals surface area contributed by atoms with Crippen LogP contribution in [0.4, 0.5) is 0 Å². The van der Waals surface area contributed by atoms with Crippen LogP contribution < -0.4 is 15.0 Å². The molecule has 1 aromatic heterocycles. The van der Waals surface area contributed by atoms with E-state index in [4.69, 9.17) is 21.7 Å². The molecule has 0 bridgehead atoms.